The van der Waals surface area contributed by atoms with Gasteiger partial charge in [-0.1, -0.05) is 15.9 Å². The maximum atomic E-state index is 12.6. The van der Waals surface area contributed by atoms with Gasteiger partial charge in [0, 0.05) is 35.0 Å². The fourth-order valence-corrected chi connectivity index (χ4v) is 3.19. The second-order valence-corrected chi connectivity index (χ2v) is 6.86. The number of rotatable bonds is 4. The summed E-state index contributed by atoms with van der Waals surface area (Å²) in [7, 11) is 0. The van der Waals surface area contributed by atoms with Crippen molar-refractivity contribution in [3.8, 4) is 11.5 Å². The van der Waals surface area contributed by atoms with E-state index in [-0.39, 0.29) is 25.3 Å². The number of anilines is 2. The van der Waals surface area contributed by atoms with Crippen LogP contribution in [0.3, 0.4) is 0 Å². The Hall–Kier alpha value is -2.74. The van der Waals surface area contributed by atoms with Crippen LogP contribution in [-0.4, -0.2) is 43.3 Å². The highest BCUT2D eigenvalue weighted by atomic mass is 79.9. The smallest absolute Gasteiger partial charge is 0.325 e. The van der Waals surface area contributed by atoms with E-state index < -0.39 is 0 Å². The van der Waals surface area contributed by atoms with E-state index in [4.69, 9.17) is 9.47 Å². The standard InChI is InChI=1S/C18H16BrN3O4/c19-12-1-3-13(4-2-12)20-17(23)10-21-7-8-22(18(21)24)14-5-6-15-16(9-14)26-11-25-15/h1-6,9H,7-8,10-11H2,(H,20,23). The van der Waals surface area contributed by atoms with Gasteiger partial charge < -0.3 is 19.7 Å². The lowest BCUT2D eigenvalue weighted by molar-refractivity contribution is -0.116. The van der Waals surface area contributed by atoms with E-state index in [9.17, 15) is 9.59 Å². The summed E-state index contributed by atoms with van der Waals surface area (Å²) in [6, 6.07) is 12.5. The summed E-state index contributed by atoms with van der Waals surface area (Å²) in [4.78, 5) is 28.0. The summed E-state index contributed by atoms with van der Waals surface area (Å²) >= 11 is 3.35. The maximum Gasteiger partial charge on any atom is 0.325 e. The molecule has 2 aromatic rings. The number of carbonyl (C=O) groups excluding carboxylic acids is 2. The second kappa shape index (κ2) is 6.87. The summed E-state index contributed by atoms with van der Waals surface area (Å²) in [5, 5.41) is 2.80. The van der Waals surface area contributed by atoms with Crippen LogP contribution in [0.15, 0.2) is 46.9 Å². The first-order valence-electron chi connectivity index (χ1n) is 8.12. The minimum atomic E-state index is -0.229. The van der Waals surface area contributed by atoms with Crippen molar-refractivity contribution in [2.45, 2.75) is 0 Å². The molecule has 134 valence electrons. The molecule has 2 heterocycles. The van der Waals surface area contributed by atoms with Crippen LogP contribution >= 0.6 is 15.9 Å². The molecule has 0 atom stereocenters. The van der Waals surface area contributed by atoms with E-state index >= 15 is 0 Å². The fourth-order valence-electron chi connectivity index (χ4n) is 2.93. The molecule has 2 aromatic carbocycles. The SMILES string of the molecule is O=C(CN1CCN(c2ccc3c(c2)OCO3)C1=O)Nc1ccc(Br)cc1. The van der Waals surface area contributed by atoms with Crippen molar-refractivity contribution in [1.82, 2.24) is 4.90 Å². The monoisotopic (exact) mass is 417 g/mol. The molecule has 1 N–H and O–H groups in total. The predicted octanol–water partition coefficient (Wildman–Crippen LogP) is 3.06. The van der Waals surface area contributed by atoms with Crippen molar-refractivity contribution >= 4 is 39.2 Å². The van der Waals surface area contributed by atoms with E-state index in [0.29, 0.717) is 30.3 Å². The van der Waals surface area contributed by atoms with Gasteiger partial charge >= 0.3 is 6.03 Å². The number of nitrogens with one attached hydrogen (secondary N) is 1. The Morgan fingerprint density at radius 1 is 1.08 bits per heavy atom. The van der Waals surface area contributed by atoms with Gasteiger partial charge in [0.25, 0.3) is 0 Å². The molecule has 3 amide bonds. The third-order valence-electron chi connectivity index (χ3n) is 4.23. The summed E-state index contributed by atoms with van der Waals surface area (Å²) in [5.41, 5.74) is 1.42. The molecule has 2 aliphatic rings. The van der Waals surface area contributed by atoms with Crippen LogP contribution in [0.25, 0.3) is 0 Å². The molecule has 2 aliphatic heterocycles. The molecule has 1 saturated heterocycles. The number of hydrogen-bond acceptors (Lipinski definition) is 4. The van der Waals surface area contributed by atoms with Gasteiger partial charge in [0.2, 0.25) is 12.7 Å². The molecule has 0 radical (unpaired) electrons. The van der Waals surface area contributed by atoms with E-state index in [0.717, 1.165) is 10.2 Å². The van der Waals surface area contributed by atoms with Crippen LogP contribution in [0.1, 0.15) is 0 Å². The Labute approximate surface area is 158 Å². The van der Waals surface area contributed by atoms with Gasteiger partial charge in [0.15, 0.2) is 11.5 Å². The lowest BCUT2D eigenvalue weighted by Gasteiger charge is -2.18. The molecule has 4 rings (SSSR count). The summed E-state index contributed by atoms with van der Waals surface area (Å²) in [6.45, 7) is 1.20. The van der Waals surface area contributed by atoms with E-state index in [1.165, 1.54) is 4.90 Å². The number of ether oxygens (including phenoxy) is 2. The molecule has 7 nitrogen and oxygen atoms in total. The summed E-state index contributed by atoms with van der Waals surface area (Å²) in [6.07, 6.45) is 0. The number of benzene rings is 2. The highest BCUT2D eigenvalue weighted by Gasteiger charge is 2.31. The molecule has 1 fully saturated rings. The van der Waals surface area contributed by atoms with Gasteiger partial charge in [-0.15, -0.1) is 0 Å². The highest BCUT2D eigenvalue weighted by Crippen LogP contribution is 2.36. The second-order valence-electron chi connectivity index (χ2n) is 5.95. The van der Waals surface area contributed by atoms with Gasteiger partial charge in [-0.3, -0.25) is 9.69 Å². The molecule has 0 saturated carbocycles. The average molecular weight is 418 g/mol. The largest absolute Gasteiger partial charge is 0.454 e. The lowest BCUT2D eigenvalue weighted by Crippen LogP contribution is -2.37. The molecule has 0 aromatic heterocycles. The zero-order valence-electron chi connectivity index (χ0n) is 13.8. The minimum Gasteiger partial charge on any atom is -0.454 e. The van der Waals surface area contributed by atoms with Crippen molar-refractivity contribution in [2.75, 3.05) is 36.6 Å². The van der Waals surface area contributed by atoms with Crippen LogP contribution in [0.4, 0.5) is 16.2 Å². The fraction of sp³-hybridized carbons (Fsp3) is 0.222. The average Bonchev–Trinajstić information content (AvgIpc) is 3.23. The first-order valence-corrected chi connectivity index (χ1v) is 8.91. The van der Waals surface area contributed by atoms with Crippen molar-refractivity contribution in [3.63, 3.8) is 0 Å². The zero-order chi connectivity index (χ0) is 18.1. The van der Waals surface area contributed by atoms with Gasteiger partial charge in [-0.25, -0.2) is 4.79 Å². The number of carbonyl (C=O) groups is 2. The first-order chi connectivity index (χ1) is 12.6. The number of fused-ring (bicyclic) bond motifs is 1. The van der Waals surface area contributed by atoms with Crippen LogP contribution in [0, 0.1) is 0 Å². The normalized spacial score (nSPS) is 15.5. The molecule has 0 bridgehead atoms. The number of amides is 3. The van der Waals surface area contributed by atoms with Gasteiger partial charge in [0.05, 0.1) is 0 Å². The van der Waals surface area contributed by atoms with Gasteiger partial charge in [-0.05, 0) is 36.4 Å². The number of halogens is 1. The molecule has 8 heteroatoms. The lowest BCUT2D eigenvalue weighted by atomic mass is 10.2. The zero-order valence-corrected chi connectivity index (χ0v) is 15.4. The van der Waals surface area contributed by atoms with E-state index in [1.807, 2.05) is 18.2 Å². The molecular weight excluding hydrogens is 402 g/mol. The Bertz CT molecular complexity index is 856. The predicted molar refractivity (Wildman–Crippen MR) is 99.7 cm³/mol. The van der Waals surface area contributed by atoms with E-state index in [1.54, 1.807) is 29.2 Å². The Kier molecular flexibility index (Phi) is 4.42. The minimum absolute atomic E-state index is 0.00987. The number of urea groups is 1. The van der Waals surface area contributed by atoms with Crippen LogP contribution in [0.5, 0.6) is 11.5 Å². The summed E-state index contributed by atoms with van der Waals surface area (Å²) < 4.78 is 11.6. The van der Waals surface area contributed by atoms with Crippen LogP contribution in [0.2, 0.25) is 0 Å². The molecule has 0 unspecified atom stereocenters. The molecule has 0 aliphatic carbocycles. The molecule has 26 heavy (non-hydrogen) atoms. The molecular formula is C18H16BrN3O4. The van der Waals surface area contributed by atoms with Crippen LogP contribution < -0.4 is 19.7 Å². The molecule has 0 spiro atoms. The van der Waals surface area contributed by atoms with Crippen molar-refractivity contribution in [2.24, 2.45) is 0 Å². The third kappa shape index (κ3) is 3.32. The Morgan fingerprint density at radius 3 is 2.65 bits per heavy atom. The summed E-state index contributed by atoms with van der Waals surface area (Å²) in [5.74, 6) is 1.07. The number of nitrogens with zero attached hydrogens (tertiary/aromatic N) is 2. The first kappa shape index (κ1) is 16.7. The van der Waals surface area contributed by atoms with E-state index in [2.05, 4.69) is 21.2 Å². The topological polar surface area (TPSA) is 71.1 Å². The third-order valence-corrected chi connectivity index (χ3v) is 4.75. The van der Waals surface area contributed by atoms with Crippen molar-refractivity contribution in [3.05, 3.63) is 46.9 Å². The Morgan fingerprint density at radius 2 is 1.85 bits per heavy atom. The van der Waals surface area contributed by atoms with Crippen molar-refractivity contribution < 1.29 is 19.1 Å². The highest BCUT2D eigenvalue weighted by molar-refractivity contribution is 9.10. The Balaban J connectivity index is 1.39. The van der Waals surface area contributed by atoms with Gasteiger partial charge in [-0.2, -0.15) is 0 Å². The number of hydrogen-bond donors (Lipinski definition) is 1. The van der Waals surface area contributed by atoms with Crippen LogP contribution in [-0.2, 0) is 4.79 Å². The maximum absolute atomic E-state index is 12.6. The van der Waals surface area contributed by atoms with Crippen molar-refractivity contribution in [1.29, 1.82) is 0 Å². The van der Waals surface area contributed by atoms with Gasteiger partial charge in [0.1, 0.15) is 6.54 Å². The quantitative estimate of drug-likeness (QED) is 0.829.